The van der Waals surface area contributed by atoms with Crippen LogP contribution in [-0.4, -0.2) is 83.6 Å². The molecule has 4 amide bonds. The number of likely N-dealkylation sites (N-methyl/N-ethyl adjacent to an activating group) is 1. The molecule has 0 aliphatic carbocycles. The Hall–Kier alpha value is -4.35. The Kier molecular flexibility index (Phi) is 14.7. The van der Waals surface area contributed by atoms with Gasteiger partial charge >= 0.3 is 12.1 Å². The van der Waals surface area contributed by atoms with Crippen molar-refractivity contribution in [3.05, 3.63) is 47.7 Å². The van der Waals surface area contributed by atoms with Crippen LogP contribution in [0.5, 0.6) is 0 Å². The van der Waals surface area contributed by atoms with E-state index in [0.717, 1.165) is 22.0 Å². The summed E-state index contributed by atoms with van der Waals surface area (Å²) in [6.45, 7) is 11.4. The third-order valence-corrected chi connectivity index (χ3v) is 8.51. The van der Waals surface area contributed by atoms with Crippen LogP contribution in [-0.2, 0) is 35.1 Å². The lowest BCUT2D eigenvalue weighted by Gasteiger charge is -2.31. The molecule has 49 heavy (non-hydrogen) atoms. The number of para-hydroxylation sites is 1. The van der Waals surface area contributed by atoms with Crippen molar-refractivity contribution in [1.29, 1.82) is 0 Å². The van der Waals surface area contributed by atoms with E-state index in [1.54, 1.807) is 27.8 Å². The molecular formula is C37H55N5O7. The first-order valence-corrected chi connectivity index (χ1v) is 17.4. The van der Waals surface area contributed by atoms with E-state index in [4.69, 9.17) is 9.47 Å². The summed E-state index contributed by atoms with van der Waals surface area (Å²) in [7, 11) is 1.57. The molecule has 1 aromatic heterocycles. The first-order chi connectivity index (χ1) is 23.1. The lowest BCUT2D eigenvalue weighted by Crippen LogP contribution is -2.55. The van der Waals surface area contributed by atoms with Crippen molar-refractivity contribution in [3.63, 3.8) is 0 Å². The normalized spacial score (nSPS) is 23.7. The number of ether oxygens (including phenoxy) is 2. The first kappa shape index (κ1) is 39.1. The van der Waals surface area contributed by atoms with Crippen molar-refractivity contribution < 1.29 is 33.4 Å². The van der Waals surface area contributed by atoms with Gasteiger partial charge in [0.15, 0.2) is 0 Å². The van der Waals surface area contributed by atoms with E-state index in [0.29, 0.717) is 45.1 Å². The zero-order valence-electron chi connectivity index (χ0n) is 30.1. The maximum atomic E-state index is 14.2. The SMILES string of the molecule is C/C1=C\CC[C@H](C)OC(=O)CCNC(=O)[C@@H](Cc2c[nH]c3ccccc23)N(C)C(=O)[C@H](CCCCNC(=O)OC(C)(C)C)NC(=O)[C@@H](C)C1. The monoisotopic (exact) mass is 681 g/mol. The minimum Gasteiger partial charge on any atom is -0.463 e. The molecule has 1 aliphatic rings. The second-order valence-corrected chi connectivity index (χ2v) is 14.1. The maximum Gasteiger partial charge on any atom is 0.407 e. The first-order valence-electron chi connectivity index (χ1n) is 17.4. The van der Waals surface area contributed by atoms with Crippen molar-refractivity contribution in [1.82, 2.24) is 25.8 Å². The molecule has 0 spiro atoms. The van der Waals surface area contributed by atoms with Gasteiger partial charge in [-0.25, -0.2) is 4.79 Å². The Morgan fingerprint density at radius 1 is 1.08 bits per heavy atom. The number of esters is 1. The van der Waals surface area contributed by atoms with Gasteiger partial charge in [-0.3, -0.25) is 19.2 Å². The van der Waals surface area contributed by atoms with Gasteiger partial charge in [-0.1, -0.05) is 36.8 Å². The molecule has 12 nitrogen and oxygen atoms in total. The van der Waals surface area contributed by atoms with E-state index in [-0.39, 0.29) is 31.4 Å². The number of hydrogen-bond donors (Lipinski definition) is 4. The summed E-state index contributed by atoms with van der Waals surface area (Å²) in [5.74, 6) is -1.90. The van der Waals surface area contributed by atoms with Gasteiger partial charge in [0.05, 0.1) is 12.5 Å². The topological polar surface area (TPSA) is 159 Å². The summed E-state index contributed by atoms with van der Waals surface area (Å²) in [5, 5.41) is 9.48. The van der Waals surface area contributed by atoms with Crippen LogP contribution in [0.2, 0.25) is 0 Å². The number of hydrogen-bond acceptors (Lipinski definition) is 7. The standard InChI is InChI=1S/C37H55N5O7/c1-24-13-12-14-26(3)48-32(43)18-20-38-34(45)31(22-27-23-40-29-16-9-8-15-28(27)29)42(7)35(46)30(41-33(44)25(2)21-24)17-10-11-19-39-36(47)49-37(4,5)6/h8-9,13,15-16,23,25-26,30-31,40H,10-12,14,17-22H2,1-7H3,(H,38,45)(H,39,47)(H,41,44)/b24-13+/t25-,26-,30-,31+/m0/s1. The Labute approximate surface area is 290 Å². The van der Waals surface area contributed by atoms with Crippen LogP contribution >= 0.6 is 0 Å². The fraction of sp³-hybridized carbons (Fsp3) is 0.595. The van der Waals surface area contributed by atoms with Gasteiger partial charge in [0, 0.05) is 49.6 Å². The number of unbranched alkanes of at least 4 members (excludes halogenated alkanes) is 1. The highest BCUT2D eigenvalue weighted by atomic mass is 16.6. The zero-order chi connectivity index (χ0) is 36.1. The molecule has 0 bridgehead atoms. The molecule has 1 aromatic carbocycles. The van der Waals surface area contributed by atoms with Crippen LogP contribution in [0.15, 0.2) is 42.1 Å². The van der Waals surface area contributed by atoms with E-state index in [9.17, 15) is 24.0 Å². The average Bonchev–Trinajstić information content (AvgIpc) is 3.43. The number of alkyl carbamates (subject to hydrolysis) is 1. The van der Waals surface area contributed by atoms with E-state index in [1.807, 2.05) is 57.3 Å². The van der Waals surface area contributed by atoms with Crippen molar-refractivity contribution in [2.45, 2.75) is 117 Å². The molecule has 2 aromatic rings. The number of rotatable bonds is 7. The van der Waals surface area contributed by atoms with Crippen LogP contribution in [0.4, 0.5) is 4.79 Å². The predicted molar refractivity (Wildman–Crippen MR) is 189 cm³/mol. The molecule has 0 radical (unpaired) electrons. The number of benzene rings is 1. The number of carbonyl (C=O) groups is 5. The number of amides is 4. The third-order valence-electron chi connectivity index (χ3n) is 8.51. The Balaban J connectivity index is 1.86. The molecule has 270 valence electrons. The van der Waals surface area contributed by atoms with Gasteiger partial charge in [-0.05, 0) is 84.8 Å². The number of cyclic esters (lactones) is 1. The number of nitrogens with zero attached hydrogens (tertiary/aromatic N) is 1. The highest BCUT2D eigenvalue weighted by Gasteiger charge is 2.33. The van der Waals surface area contributed by atoms with Gasteiger partial charge < -0.3 is 35.3 Å². The van der Waals surface area contributed by atoms with E-state index in [2.05, 4.69) is 20.9 Å². The van der Waals surface area contributed by atoms with Crippen LogP contribution in [0, 0.1) is 5.92 Å². The summed E-state index contributed by atoms with van der Waals surface area (Å²) < 4.78 is 10.8. The molecule has 2 heterocycles. The molecule has 0 saturated heterocycles. The Morgan fingerprint density at radius 3 is 2.55 bits per heavy atom. The molecule has 0 fully saturated rings. The number of allylic oxidation sites excluding steroid dienone is 2. The van der Waals surface area contributed by atoms with E-state index in [1.165, 1.54) is 4.90 Å². The molecule has 4 N–H and O–H groups in total. The number of aromatic amines is 1. The number of H-pyrrole nitrogens is 1. The highest BCUT2D eigenvalue weighted by Crippen LogP contribution is 2.22. The summed E-state index contributed by atoms with van der Waals surface area (Å²) in [6.07, 6.45) is 6.46. The smallest absolute Gasteiger partial charge is 0.407 e. The predicted octanol–water partition coefficient (Wildman–Crippen LogP) is 4.92. The summed E-state index contributed by atoms with van der Waals surface area (Å²) in [6, 6.07) is 5.88. The zero-order valence-corrected chi connectivity index (χ0v) is 30.1. The summed E-state index contributed by atoms with van der Waals surface area (Å²) in [4.78, 5) is 70.7. The maximum absolute atomic E-state index is 14.2. The fourth-order valence-electron chi connectivity index (χ4n) is 5.83. The fourth-order valence-corrected chi connectivity index (χ4v) is 5.83. The van der Waals surface area contributed by atoms with Gasteiger partial charge in [0.1, 0.15) is 17.7 Å². The van der Waals surface area contributed by atoms with Crippen LogP contribution < -0.4 is 16.0 Å². The van der Waals surface area contributed by atoms with Crippen molar-refractivity contribution in [3.8, 4) is 0 Å². The average molecular weight is 682 g/mol. The molecule has 3 rings (SSSR count). The van der Waals surface area contributed by atoms with E-state index < -0.39 is 47.5 Å². The molecule has 0 unspecified atom stereocenters. The number of nitrogens with one attached hydrogen (secondary N) is 4. The lowest BCUT2D eigenvalue weighted by molar-refractivity contribution is -0.148. The molecule has 0 saturated carbocycles. The number of aromatic nitrogens is 1. The van der Waals surface area contributed by atoms with Crippen molar-refractivity contribution >= 4 is 40.7 Å². The Morgan fingerprint density at radius 2 is 1.82 bits per heavy atom. The highest BCUT2D eigenvalue weighted by molar-refractivity contribution is 5.93. The largest absolute Gasteiger partial charge is 0.463 e. The van der Waals surface area contributed by atoms with Crippen LogP contribution in [0.3, 0.4) is 0 Å². The minimum atomic E-state index is -0.931. The van der Waals surface area contributed by atoms with Gasteiger partial charge in [-0.2, -0.15) is 0 Å². The molecule has 12 heteroatoms. The van der Waals surface area contributed by atoms with Gasteiger partial charge in [0.25, 0.3) is 0 Å². The third kappa shape index (κ3) is 12.9. The lowest BCUT2D eigenvalue weighted by atomic mass is 9.98. The number of fused-ring (bicyclic) bond motifs is 1. The Bertz CT molecular complexity index is 1480. The minimum absolute atomic E-state index is 0.00403. The van der Waals surface area contributed by atoms with Gasteiger partial charge in [-0.15, -0.1) is 0 Å². The molecular weight excluding hydrogens is 626 g/mol. The second-order valence-electron chi connectivity index (χ2n) is 14.1. The van der Waals surface area contributed by atoms with Crippen LogP contribution in [0.1, 0.15) is 92.1 Å². The van der Waals surface area contributed by atoms with Crippen molar-refractivity contribution in [2.75, 3.05) is 20.1 Å². The summed E-state index contributed by atoms with van der Waals surface area (Å²) in [5.41, 5.74) is 2.17. The molecule has 1 aliphatic heterocycles. The van der Waals surface area contributed by atoms with Crippen molar-refractivity contribution in [2.24, 2.45) is 5.92 Å². The molecule has 4 atom stereocenters. The number of carbonyl (C=O) groups excluding carboxylic acids is 5. The summed E-state index contributed by atoms with van der Waals surface area (Å²) >= 11 is 0. The van der Waals surface area contributed by atoms with Crippen LogP contribution in [0.25, 0.3) is 10.9 Å². The quantitative estimate of drug-likeness (QED) is 0.183. The van der Waals surface area contributed by atoms with Gasteiger partial charge in [0.2, 0.25) is 17.7 Å². The van der Waals surface area contributed by atoms with E-state index >= 15 is 0 Å². The second kappa shape index (κ2) is 18.4.